The molecule has 0 spiro atoms. The number of amides is 1. The molecule has 1 fully saturated rings. The molecule has 2 aromatic rings. The van der Waals surface area contributed by atoms with Crippen LogP contribution < -0.4 is 5.73 Å². The van der Waals surface area contributed by atoms with Gasteiger partial charge in [-0.05, 0) is 35.7 Å². The fourth-order valence-electron chi connectivity index (χ4n) is 3.05. The molecule has 122 valence electrons. The van der Waals surface area contributed by atoms with E-state index in [1.807, 2.05) is 24.3 Å². The molecule has 3 nitrogen and oxygen atoms in total. The van der Waals surface area contributed by atoms with Crippen LogP contribution in [0, 0.1) is 0 Å². The van der Waals surface area contributed by atoms with Gasteiger partial charge in [-0.1, -0.05) is 30.3 Å². The van der Waals surface area contributed by atoms with Crippen LogP contribution in [0.5, 0.6) is 0 Å². The van der Waals surface area contributed by atoms with Gasteiger partial charge in [-0.15, -0.1) is 0 Å². The van der Waals surface area contributed by atoms with Crippen LogP contribution in [0.2, 0.25) is 0 Å². The Kier molecular flexibility index (Phi) is 4.02. The molecule has 1 amide bonds. The second-order valence-corrected chi connectivity index (χ2v) is 5.91. The molecule has 0 bridgehead atoms. The largest absolute Gasteiger partial charge is 0.408 e. The van der Waals surface area contributed by atoms with E-state index < -0.39 is 24.2 Å². The zero-order valence-corrected chi connectivity index (χ0v) is 12.4. The molecule has 23 heavy (non-hydrogen) atoms. The van der Waals surface area contributed by atoms with Gasteiger partial charge in [0.2, 0.25) is 0 Å². The summed E-state index contributed by atoms with van der Waals surface area (Å²) >= 11 is 0. The lowest BCUT2D eigenvalue weighted by Crippen LogP contribution is -2.56. The summed E-state index contributed by atoms with van der Waals surface area (Å²) in [6.45, 7) is -0.0736. The Morgan fingerprint density at radius 1 is 1.09 bits per heavy atom. The summed E-state index contributed by atoms with van der Waals surface area (Å²) < 4.78 is 39.6. The van der Waals surface area contributed by atoms with Gasteiger partial charge < -0.3 is 10.6 Å². The Morgan fingerprint density at radius 2 is 1.78 bits per heavy atom. The molecule has 1 saturated heterocycles. The molecular formula is C17H17F3N2O. The molecule has 0 aromatic heterocycles. The maximum absolute atomic E-state index is 13.2. The minimum absolute atomic E-state index is 0.0736. The number of alkyl halides is 3. The first kappa shape index (κ1) is 15.8. The minimum Gasteiger partial charge on any atom is -0.326 e. The quantitative estimate of drug-likeness (QED) is 0.875. The van der Waals surface area contributed by atoms with E-state index in [1.165, 1.54) is 0 Å². The fourth-order valence-corrected chi connectivity index (χ4v) is 3.05. The standard InChI is InChI=1S/C17H17F3N2O/c18-17(19,20)15-8-7-14(21)10-22(15)16(23)13-6-5-11-3-1-2-4-12(11)9-13/h1-6,9,14-15H,7-8,10,21H2/t14-,15-/m0/s1. The minimum atomic E-state index is -4.44. The van der Waals surface area contributed by atoms with Crippen molar-refractivity contribution in [2.45, 2.75) is 31.1 Å². The number of piperidine rings is 1. The summed E-state index contributed by atoms with van der Waals surface area (Å²) in [6.07, 6.45) is -4.32. The number of likely N-dealkylation sites (tertiary alicyclic amines) is 1. The molecule has 6 heteroatoms. The highest BCUT2D eigenvalue weighted by Gasteiger charge is 2.47. The Labute approximate surface area is 131 Å². The molecular weight excluding hydrogens is 305 g/mol. The molecule has 2 aromatic carbocycles. The first-order valence-corrected chi connectivity index (χ1v) is 7.48. The third kappa shape index (κ3) is 3.17. The van der Waals surface area contributed by atoms with E-state index in [-0.39, 0.29) is 24.9 Å². The van der Waals surface area contributed by atoms with Crippen molar-refractivity contribution in [2.75, 3.05) is 6.54 Å². The van der Waals surface area contributed by atoms with Crippen LogP contribution in [0.4, 0.5) is 13.2 Å². The van der Waals surface area contributed by atoms with E-state index >= 15 is 0 Å². The van der Waals surface area contributed by atoms with Crippen molar-refractivity contribution in [3.05, 3.63) is 48.0 Å². The third-order valence-corrected chi connectivity index (χ3v) is 4.25. The third-order valence-electron chi connectivity index (χ3n) is 4.25. The lowest BCUT2D eigenvalue weighted by Gasteiger charge is -2.39. The van der Waals surface area contributed by atoms with Gasteiger partial charge in [-0.3, -0.25) is 4.79 Å². The molecule has 0 radical (unpaired) electrons. The van der Waals surface area contributed by atoms with Gasteiger partial charge in [-0.2, -0.15) is 13.2 Å². The normalized spacial score (nSPS) is 22.3. The number of carbonyl (C=O) groups excluding carboxylic acids is 1. The predicted octanol–water partition coefficient (Wildman–Crippen LogP) is 3.33. The zero-order chi connectivity index (χ0) is 16.6. The molecule has 2 atom stereocenters. The second kappa shape index (κ2) is 5.85. The number of rotatable bonds is 1. The summed E-state index contributed by atoms with van der Waals surface area (Å²) in [5.41, 5.74) is 6.03. The van der Waals surface area contributed by atoms with Gasteiger partial charge in [0, 0.05) is 18.2 Å². The maximum Gasteiger partial charge on any atom is 0.408 e. The number of nitrogens with zero attached hydrogens (tertiary/aromatic N) is 1. The van der Waals surface area contributed by atoms with Crippen LogP contribution in [0.1, 0.15) is 23.2 Å². The van der Waals surface area contributed by atoms with Crippen molar-refractivity contribution >= 4 is 16.7 Å². The highest BCUT2D eigenvalue weighted by atomic mass is 19.4. The van der Waals surface area contributed by atoms with E-state index in [0.717, 1.165) is 15.7 Å². The first-order chi connectivity index (χ1) is 10.9. The summed E-state index contributed by atoms with van der Waals surface area (Å²) in [7, 11) is 0. The van der Waals surface area contributed by atoms with Crippen molar-refractivity contribution < 1.29 is 18.0 Å². The zero-order valence-electron chi connectivity index (χ0n) is 12.4. The summed E-state index contributed by atoms with van der Waals surface area (Å²) in [4.78, 5) is 13.5. The average Bonchev–Trinajstić information content (AvgIpc) is 2.52. The number of fused-ring (bicyclic) bond motifs is 1. The number of hydrogen-bond donors (Lipinski definition) is 1. The lowest BCUT2D eigenvalue weighted by molar-refractivity contribution is -0.184. The van der Waals surface area contributed by atoms with Crippen LogP contribution in [-0.4, -0.2) is 35.6 Å². The van der Waals surface area contributed by atoms with Crippen LogP contribution in [0.3, 0.4) is 0 Å². The van der Waals surface area contributed by atoms with E-state index in [2.05, 4.69) is 0 Å². The highest BCUT2D eigenvalue weighted by Crippen LogP contribution is 2.32. The van der Waals surface area contributed by atoms with Gasteiger partial charge in [-0.25, -0.2) is 0 Å². The van der Waals surface area contributed by atoms with Crippen molar-refractivity contribution in [1.82, 2.24) is 4.90 Å². The van der Waals surface area contributed by atoms with E-state index in [0.29, 0.717) is 0 Å². The Bertz CT molecular complexity index is 729. The number of carbonyl (C=O) groups is 1. The molecule has 2 N–H and O–H groups in total. The first-order valence-electron chi connectivity index (χ1n) is 7.48. The molecule has 1 heterocycles. The van der Waals surface area contributed by atoms with Crippen LogP contribution >= 0.6 is 0 Å². The summed E-state index contributed by atoms with van der Waals surface area (Å²) in [5, 5.41) is 1.76. The Hall–Kier alpha value is -2.08. The number of benzene rings is 2. The van der Waals surface area contributed by atoms with E-state index in [4.69, 9.17) is 5.73 Å². The lowest BCUT2D eigenvalue weighted by atomic mass is 9.96. The fraction of sp³-hybridized carbons (Fsp3) is 0.353. The van der Waals surface area contributed by atoms with Crippen LogP contribution in [-0.2, 0) is 0 Å². The van der Waals surface area contributed by atoms with Crippen molar-refractivity contribution in [3.8, 4) is 0 Å². The summed E-state index contributed by atoms with van der Waals surface area (Å²) in [6, 6.07) is 10.2. The van der Waals surface area contributed by atoms with E-state index in [9.17, 15) is 18.0 Å². The van der Waals surface area contributed by atoms with E-state index in [1.54, 1.807) is 18.2 Å². The van der Waals surface area contributed by atoms with Gasteiger partial charge in [0.15, 0.2) is 0 Å². The molecule has 0 saturated carbocycles. The predicted molar refractivity (Wildman–Crippen MR) is 82.0 cm³/mol. The van der Waals surface area contributed by atoms with Gasteiger partial charge in [0.1, 0.15) is 6.04 Å². The van der Waals surface area contributed by atoms with Crippen molar-refractivity contribution in [1.29, 1.82) is 0 Å². The van der Waals surface area contributed by atoms with Crippen molar-refractivity contribution in [3.63, 3.8) is 0 Å². The second-order valence-electron chi connectivity index (χ2n) is 5.91. The van der Waals surface area contributed by atoms with Gasteiger partial charge in [0.25, 0.3) is 5.91 Å². The smallest absolute Gasteiger partial charge is 0.326 e. The summed E-state index contributed by atoms with van der Waals surface area (Å²) in [5.74, 6) is -0.617. The number of hydrogen-bond acceptors (Lipinski definition) is 2. The van der Waals surface area contributed by atoms with Gasteiger partial charge >= 0.3 is 6.18 Å². The Morgan fingerprint density at radius 3 is 2.48 bits per heavy atom. The van der Waals surface area contributed by atoms with Crippen LogP contribution in [0.15, 0.2) is 42.5 Å². The number of nitrogens with two attached hydrogens (primary N) is 1. The topological polar surface area (TPSA) is 46.3 Å². The molecule has 0 unspecified atom stereocenters. The Balaban J connectivity index is 1.94. The van der Waals surface area contributed by atoms with Crippen molar-refractivity contribution in [2.24, 2.45) is 5.73 Å². The maximum atomic E-state index is 13.2. The number of halogens is 3. The molecule has 0 aliphatic carbocycles. The molecule has 1 aliphatic heterocycles. The molecule has 1 aliphatic rings. The monoisotopic (exact) mass is 322 g/mol. The van der Waals surface area contributed by atoms with Gasteiger partial charge in [0.05, 0.1) is 0 Å². The van der Waals surface area contributed by atoms with Crippen LogP contribution in [0.25, 0.3) is 10.8 Å². The highest BCUT2D eigenvalue weighted by molar-refractivity contribution is 5.98. The SMILES string of the molecule is N[C@H]1CC[C@@H](C(F)(F)F)N(C(=O)c2ccc3ccccc3c2)C1. The molecule has 3 rings (SSSR count). The average molecular weight is 322 g/mol.